The van der Waals surface area contributed by atoms with Crippen LogP contribution in [0, 0.1) is 0 Å². The highest BCUT2D eigenvalue weighted by molar-refractivity contribution is 6.61. The first kappa shape index (κ1) is 22.9. The van der Waals surface area contributed by atoms with Crippen molar-refractivity contribution in [1.29, 1.82) is 0 Å². The van der Waals surface area contributed by atoms with E-state index in [9.17, 15) is 4.79 Å². The Hall–Kier alpha value is -1.37. The smallest absolute Gasteiger partial charge is 0.478 e. The van der Waals surface area contributed by atoms with Gasteiger partial charge in [-0.2, -0.15) is 0 Å². The summed E-state index contributed by atoms with van der Waals surface area (Å²) in [6.07, 6.45) is 13.2. The van der Waals surface area contributed by atoms with Crippen LogP contribution >= 0.6 is 0 Å². The molecule has 0 unspecified atom stereocenters. The van der Waals surface area contributed by atoms with Crippen LogP contribution in [0.25, 0.3) is 0 Å². The number of ether oxygens (including phenoxy) is 1. The Morgan fingerprint density at radius 1 is 0.964 bits per heavy atom. The highest BCUT2D eigenvalue weighted by Gasteiger charge is 2.29. The molecular formula is C22H35BO5. The summed E-state index contributed by atoms with van der Waals surface area (Å²) in [6.45, 7) is 4.02. The van der Waals surface area contributed by atoms with Gasteiger partial charge >= 0.3 is 13.1 Å². The van der Waals surface area contributed by atoms with Gasteiger partial charge in [0.2, 0.25) is 0 Å². The molecule has 1 aliphatic heterocycles. The molecule has 1 aromatic carbocycles. The molecule has 0 aliphatic carbocycles. The van der Waals surface area contributed by atoms with Crippen LogP contribution in [0.3, 0.4) is 0 Å². The van der Waals surface area contributed by atoms with Crippen molar-refractivity contribution in [3.05, 3.63) is 29.8 Å². The van der Waals surface area contributed by atoms with Gasteiger partial charge in [0.1, 0.15) is 6.10 Å². The summed E-state index contributed by atoms with van der Waals surface area (Å²) in [5.41, 5.74) is 1.09. The van der Waals surface area contributed by atoms with E-state index in [1.807, 2.05) is 0 Å². The Kier molecular flexibility index (Phi) is 11.3. The Morgan fingerprint density at radius 2 is 1.50 bits per heavy atom. The van der Waals surface area contributed by atoms with Gasteiger partial charge in [-0.05, 0) is 24.0 Å². The minimum atomic E-state index is -0.933. The lowest BCUT2D eigenvalue weighted by Crippen LogP contribution is -2.47. The SMILES string of the molecule is CCCCCCCCCCCCOC1COB(c2ccc(C(=O)O)cc2)OC1. The third-order valence-electron chi connectivity index (χ3n) is 5.15. The zero-order valence-electron chi connectivity index (χ0n) is 17.2. The number of rotatable bonds is 14. The summed E-state index contributed by atoms with van der Waals surface area (Å²) in [5, 5.41) is 8.94. The quantitative estimate of drug-likeness (QED) is 0.376. The van der Waals surface area contributed by atoms with E-state index in [1.165, 1.54) is 57.8 Å². The fourth-order valence-corrected chi connectivity index (χ4v) is 3.40. The molecule has 28 heavy (non-hydrogen) atoms. The van der Waals surface area contributed by atoms with Gasteiger partial charge in [-0.25, -0.2) is 4.79 Å². The Labute approximate surface area is 169 Å². The van der Waals surface area contributed by atoms with Crippen LogP contribution in [0.15, 0.2) is 24.3 Å². The van der Waals surface area contributed by atoms with Gasteiger partial charge in [0.25, 0.3) is 0 Å². The highest BCUT2D eigenvalue weighted by atomic mass is 16.6. The largest absolute Gasteiger partial charge is 0.494 e. The molecule has 1 fully saturated rings. The molecule has 1 aromatic rings. The molecule has 1 N–H and O–H groups in total. The number of aromatic carboxylic acids is 1. The van der Waals surface area contributed by atoms with Crippen molar-refractivity contribution in [3.63, 3.8) is 0 Å². The molecule has 2 rings (SSSR count). The number of benzene rings is 1. The summed E-state index contributed by atoms with van der Waals surface area (Å²) < 4.78 is 17.3. The molecule has 0 bridgehead atoms. The normalized spacial score (nSPS) is 15.1. The number of carboxylic acids is 1. The maximum atomic E-state index is 10.9. The van der Waals surface area contributed by atoms with Crippen molar-refractivity contribution in [2.24, 2.45) is 0 Å². The summed E-state index contributed by atoms with van der Waals surface area (Å²) in [7, 11) is -0.444. The van der Waals surface area contributed by atoms with Crippen LogP contribution in [0.2, 0.25) is 0 Å². The molecule has 156 valence electrons. The second-order valence-electron chi connectivity index (χ2n) is 7.60. The first-order chi connectivity index (χ1) is 13.7. The molecule has 5 nitrogen and oxygen atoms in total. The molecule has 0 saturated carbocycles. The maximum absolute atomic E-state index is 10.9. The zero-order chi connectivity index (χ0) is 20.0. The van der Waals surface area contributed by atoms with E-state index in [0.29, 0.717) is 13.2 Å². The van der Waals surface area contributed by atoms with E-state index < -0.39 is 13.1 Å². The van der Waals surface area contributed by atoms with Crippen molar-refractivity contribution in [1.82, 2.24) is 0 Å². The van der Waals surface area contributed by atoms with Gasteiger partial charge < -0.3 is 19.2 Å². The van der Waals surface area contributed by atoms with Crippen LogP contribution in [0.1, 0.15) is 81.5 Å². The second kappa shape index (κ2) is 13.8. The first-order valence-corrected chi connectivity index (χ1v) is 10.9. The number of carbonyl (C=O) groups is 1. The van der Waals surface area contributed by atoms with Crippen LogP contribution in [0.4, 0.5) is 0 Å². The predicted octanol–water partition coefficient (Wildman–Crippen LogP) is 4.43. The monoisotopic (exact) mass is 390 g/mol. The third-order valence-corrected chi connectivity index (χ3v) is 5.15. The standard InChI is InChI=1S/C22H35BO5/c1-2-3-4-5-6-7-8-9-10-11-16-26-21-17-27-23(28-18-21)20-14-12-19(13-15-20)22(24)25/h12-15,21H,2-11,16-18H2,1H3,(H,24,25). The summed E-state index contributed by atoms with van der Waals surface area (Å²) in [5.74, 6) is -0.933. The first-order valence-electron chi connectivity index (χ1n) is 10.9. The van der Waals surface area contributed by atoms with E-state index in [4.69, 9.17) is 19.2 Å². The van der Waals surface area contributed by atoms with E-state index in [0.717, 1.165) is 18.5 Å². The van der Waals surface area contributed by atoms with Crippen LogP contribution in [0.5, 0.6) is 0 Å². The topological polar surface area (TPSA) is 65.0 Å². The van der Waals surface area contributed by atoms with E-state index in [1.54, 1.807) is 24.3 Å². The van der Waals surface area contributed by atoms with Gasteiger partial charge in [-0.1, -0.05) is 76.8 Å². The number of carboxylic acid groups (broad SMARTS) is 1. The van der Waals surface area contributed by atoms with Gasteiger partial charge in [-0.3, -0.25) is 0 Å². The molecule has 0 radical (unpaired) electrons. The minimum Gasteiger partial charge on any atom is -0.478 e. The zero-order valence-corrected chi connectivity index (χ0v) is 17.2. The van der Waals surface area contributed by atoms with E-state index in [-0.39, 0.29) is 11.7 Å². The summed E-state index contributed by atoms with van der Waals surface area (Å²) >= 11 is 0. The van der Waals surface area contributed by atoms with Gasteiger partial charge in [0, 0.05) is 6.61 Å². The molecule has 1 saturated heterocycles. The molecule has 0 aromatic heterocycles. The summed E-state index contributed by atoms with van der Waals surface area (Å²) in [4.78, 5) is 10.9. The predicted molar refractivity (Wildman–Crippen MR) is 112 cm³/mol. The molecule has 0 atom stereocenters. The molecule has 0 spiro atoms. The number of hydrogen-bond acceptors (Lipinski definition) is 4. The molecule has 0 amide bonds. The van der Waals surface area contributed by atoms with Crippen LogP contribution in [-0.4, -0.2) is 44.1 Å². The minimum absolute atomic E-state index is 0.0203. The fraction of sp³-hybridized carbons (Fsp3) is 0.682. The Bertz CT molecular complexity index is 540. The van der Waals surface area contributed by atoms with Crippen LogP contribution < -0.4 is 5.46 Å². The molecule has 6 heteroatoms. The van der Waals surface area contributed by atoms with Crippen molar-refractivity contribution < 1.29 is 23.9 Å². The van der Waals surface area contributed by atoms with Crippen molar-refractivity contribution in [2.75, 3.05) is 19.8 Å². The average Bonchev–Trinajstić information content (AvgIpc) is 2.72. The lowest BCUT2D eigenvalue weighted by molar-refractivity contribution is -0.0432. The van der Waals surface area contributed by atoms with Crippen LogP contribution in [-0.2, 0) is 14.0 Å². The molecule has 1 aliphatic rings. The van der Waals surface area contributed by atoms with Crippen molar-refractivity contribution in [3.8, 4) is 0 Å². The Balaban J connectivity index is 1.47. The average molecular weight is 390 g/mol. The Morgan fingerprint density at radius 3 is 2.04 bits per heavy atom. The van der Waals surface area contributed by atoms with E-state index in [2.05, 4.69) is 6.92 Å². The van der Waals surface area contributed by atoms with Gasteiger partial charge in [0.15, 0.2) is 0 Å². The van der Waals surface area contributed by atoms with Gasteiger partial charge in [0.05, 0.1) is 18.8 Å². The molecule has 1 heterocycles. The second-order valence-corrected chi connectivity index (χ2v) is 7.60. The third kappa shape index (κ3) is 8.76. The van der Waals surface area contributed by atoms with Gasteiger partial charge in [-0.15, -0.1) is 0 Å². The summed E-state index contributed by atoms with van der Waals surface area (Å²) in [6, 6.07) is 6.61. The van der Waals surface area contributed by atoms with E-state index >= 15 is 0 Å². The number of hydrogen-bond donors (Lipinski definition) is 1. The van der Waals surface area contributed by atoms with Crippen molar-refractivity contribution >= 4 is 18.6 Å². The molecular weight excluding hydrogens is 355 g/mol. The van der Waals surface area contributed by atoms with Crippen molar-refractivity contribution in [2.45, 2.75) is 77.2 Å². The lowest BCUT2D eigenvalue weighted by Gasteiger charge is -2.27. The maximum Gasteiger partial charge on any atom is 0.494 e. The fourth-order valence-electron chi connectivity index (χ4n) is 3.40. The lowest BCUT2D eigenvalue weighted by atomic mass is 9.77. The highest BCUT2D eigenvalue weighted by Crippen LogP contribution is 2.12. The number of unbranched alkanes of at least 4 members (excludes halogenated alkanes) is 9.